The molecule has 2 amide bonds. The van der Waals surface area contributed by atoms with Gasteiger partial charge in [0.15, 0.2) is 0 Å². The van der Waals surface area contributed by atoms with Crippen LogP contribution in [-0.4, -0.2) is 29.8 Å². The van der Waals surface area contributed by atoms with E-state index in [1.54, 1.807) is 23.1 Å². The topological polar surface area (TPSA) is 49.4 Å². The molecular formula is C20H21FN2O2. The Labute approximate surface area is 146 Å². The van der Waals surface area contributed by atoms with E-state index in [1.165, 1.54) is 12.1 Å². The van der Waals surface area contributed by atoms with Gasteiger partial charge in [-0.15, -0.1) is 0 Å². The van der Waals surface area contributed by atoms with E-state index in [0.29, 0.717) is 25.1 Å². The molecule has 3 rings (SSSR count). The van der Waals surface area contributed by atoms with E-state index in [2.05, 4.69) is 5.32 Å². The predicted molar refractivity (Wildman–Crippen MR) is 94.8 cm³/mol. The highest BCUT2D eigenvalue weighted by Crippen LogP contribution is 2.21. The number of hydrogen-bond donors (Lipinski definition) is 1. The number of amides is 2. The Morgan fingerprint density at radius 3 is 2.72 bits per heavy atom. The van der Waals surface area contributed by atoms with Crippen LogP contribution in [-0.2, 0) is 4.79 Å². The molecule has 1 N–H and O–H groups in total. The van der Waals surface area contributed by atoms with Gasteiger partial charge in [-0.2, -0.15) is 0 Å². The van der Waals surface area contributed by atoms with Crippen LogP contribution in [0.5, 0.6) is 0 Å². The lowest BCUT2D eigenvalue weighted by Gasteiger charge is -2.32. The lowest BCUT2D eigenvalue weighted by atomic mass is 9.96. The highest BCUT2D eigenvalue weighted by atomic mass is 19.1. The Balaban J connectivity index is 1.67. The van der Waals surface area contributed by atoms with Crippen LogP contribution in [0.25, 0.3) is 0 Å². The zero-order valence-corrected chi connectivity index (χ0v) is 14.2. The van der Waals surface area contributed by atoms with Gasteiger partial charge in [-0.25, -0.2) is 4.39 Å². The summed E-state index contributed by atoms with van der Waals surface area (Å²) in [5, 5.41) is 2.64. The number of rotatable bonds is 3. The Kier molecular flexibility index (Phi) is 5.12. The van der Waals surface area contributed by atoms with Crippen LogP contribution in [0, 0.1) is 18.7 Å². The maximum Gasteiger partial charge on any atom is 0.253 e. The van der Waals surface area contributed by atoms with E-state index >= 15 is 0 Å². The number of piperidine rings is 1. The van der Waals surface area contributed by atoms with Crippen LogP contribution in [0.2, 0.25) is 0 Å². The minimum atomic E-state index is -0.459. The number of carbonyl (C=O) groups excluding carboxylic acids is 2. The van der Waals surface area contributed by atoms with Gasteiger partial charge in [0.1, 0.15) is 5.82 Å². The number of nitrogens with one attached hydrogen (secondary N) is 1. The third kappa shape index (κ3) is 4.05. The van der Waals surface area contributed by atoms with Crippen LogP contribution in [0.1, 0.15) is 28.8 Å². The number of carbonyl (C=O) groups is 2. The van der Waals surface area contributed by atoms with Crippen molar-refractivity contribution in [2.45, 2.75) is 19.8 Å². The summed E-state index contributed by atoms with van der Waals surface area (Å²) < 4.78 is 13.7. The van der Waals surface area contributed by atoms with Crippen LogP contribution >= 0.6 is 0 Å². The summed E-state index contributed by atoms with van der Waals surface area (Å²) in [5.41, 5.74) is 1.83. The first-order valence-electron chi connectivity index (χ1n) is 8.46. The second kappa shape index (κ2) is 7.47. The number of para-hydroxylation sites is 1. The molecule has 0 aliphatic carbocycles. The zero-order valence-electron chi connectivity index (χ0n) is 14.2. The van der Waals surface area contributed by atoms with Gasteiger partial charge in [0.05, 0.1) is 11.6 Å². The number of likely N-dealkylation sites (tertiary alicyclic amines) is 1. The summed E-state index contributed by atoms with van der Waals surface area (Å²) in [7, 11) is 0. The molecule has 0 radical (unpaired) electrons. The molecule has 2 aromatic carbocycles. The minimum Gasteiger partial charge on any atom is -0.338 e. The number of benzene rings is 2. The number of halogens is 1. The molecule has 0 saturated carbocycles. The molecule has 130 valence electrons. The van der Waals surface area contributed by atoms with Crippen LogP contribution < -0.4 is 5.32 Å². The first-order chi connectivity index (χ1) is 12.0. The fraction of sp³-hybridized carbons (Fsp3) is 0.300. The van der Waals surface area contributed by atoms with Gasteiger partial charge in [0.2, 0.25) is 5.91 Å². The number of hydrogen-bond acceptors (Lipinski definition) is 2. The minimum absolute atomic E-state index is 0.0629. The molecule has 1 atom stereocenters. The van der Waals surface area contributed by atoms with Crippen molar-refractivity contribution in [2.24, 2.45) is 5.92 Å². The van der Waals surface area contributed by atoms with Crippen LogP contribution in [0.3, 0.4) is 0 Å². The fourth-order valence-corrected chi connectivity index (χ4v) is 3.13. The number of nitrogens with zero attached hydrogens (tertiary/aromatic N) is 1. The monoisotopic (exact) mass is 340 g/mol. The van der Waals surface area contributed by atoms with Gasteiger partial charge in [-0.05, 0) is 44.0 Å². The number of aryl methyl sites for hydroxylation is 1. The van der Waals surface area contributed by atoms with E-state index in [1.807, 2.05) is 25.1 Å². The second-order valence-electron chi connectivity index (χ2n) is 6.43. The van der Waals surface area contributed by atoms with E-state index < -0.39 is 5.82 Å². The normalized spacial score (nSPS) is 17.2. The molecule has 1 fully saturated rings. The molecule has 1 aliphatic heterocycles. The van der Waals surface area contributed by atoms with Gasteiger partial charge < -0.3 is 10.2 Å². The molecule has 1 saturated heterocycles. The van der Waals surface area contributed by atoms with Crippen molar-refractivity contribution in [3.63, 3.8) is 0 Å². The molecule has 1 heterocycles. The van der Waals surface area contributed by atoms with Crippen molar-refractivity contribution in [3.05, 3.63) is 65.5 Å². The highest BCUT2D eigenvalue weighted by molar-refractivity contribution is 5.96. The van der Waals surface area contributed by atoms with Gasteiger partial charge in [0.25, 0.3) is 5.91 Å². The average molecular weight is 340 g/mol. The fourth-order valence-electron chi connectivity index (χ4n) is 3.13. The molecular weight excluding hydrogens is 319 g/mol. The largest absolute Gasteiger partial charge is 0.338 e. The standard InChI is InChI=1S/C20H21FN2O2/c1-14-6-4-7-15(12-14)20(25)23-11-5-8-16(13-23)19(24)22-18-10-3-2-9-17(18)21/h2-4,6-7,9-10,12,16H,5,8,11,13H2,1H3,(H,22,24)/t16-/m0/s1. The summed E-state index contributed by atoms with van der Waals surface area (Å²) in [6, 6.07) is 13.5. The van der Waals surface area contributed by atoms with Gasteiger partial charge in [0, 0.05) is 18.7 Å². The summed E-state index contributed by atoms with van der Waals surface area (Å²) in [6.45, 7) is 2.93. The summed E-state index contributed by atoms with van der Waals surface area (Å²) in [6.07, 6.45) is 1.45. The van der Waals surface area contributed by atoms with Crippen LogP contribution in [0.15, 0.2) is 48.5 Å². The maximum absolute atomic E-state index is 13.7. The smallest absolute Gasteiger partial charge is 0.253 e. The molecule has 0 aromatic heterocycles. The summed E-state index contributed by atoms with van der Waals surface area (Å²) >= 11 is 0. The van der Waals surface area contributed by atoms with Crippen molar-refractivity contribution < 1.29 is 14.0 Å². The van der Waals surface area contributed by atoms with Gasteiger partial charge >= 0.3 is 0 Å². The van der Waals surface area contributed by atoms with Gasteiger partial charge in [-0.1, -0.05) is 29.8 Å². The Hall–Kier alpha value is -2.69. The zero-order chi connectivity index (χ0) is 17.8. The quantitative estimate of drug-likeness (QED) is 0.928. The SMILES string of the molecule is Cc1cccc(C(=O)N2CCC[C@H](C(=O)Nc3ccccc3F)C2)c1. The first kappa shape index (κ1) is 17.1. The van der Waals surface area contributed by atoms with Crippen LogP contribution in [0.4, 0.5) is 10.1 Å². The van der Waals surface area contributed by atoms with E-state index in [-0.39, 0.29) is 23.4 Å². The molecule has 5 heteroatoms. The van der Waals surface area contributed by atoms with Gasteiger partial charge in [-0.3, -0.25) is 9.59 Å². The molecule has 1 aliphatic rings. The van der Waals surface area contributed by atoms with Crippen molar-refractivity contribution >= 4 is 17.5 Å². The molecule has 2 aromatic rings. The molecule has 0 unspecified atom stereocenters. The molecule has 0 bridgehead atoms. The lowest BCUT2D eigenvalue weighted by molar-refractivity contribution is -0.121. The Bertz CT molecular complexity index is 791. The summed E-state index contributed by atoms with van der Waals surface area (Å²) in [5.74, 6) is -1.10. The second-order valence-corrected chi connectivity index (χ2v) is 6.43. The Morgan fingerprint density at radius 2 is 1.96 bits per heavy atom. The molecule has 25 heavy (non-hydrogen) atoms. The third-order valence-electron chi connectivity index (χ3n) is 4.48. The van der Waals surface area contributed by atoms with Crippen molar-refractivity contribution in [1.82, 2.24) is 4.90 Å². The van der Waals surface area contributed by atoms with E-state index in [0.717, 1.165) is 12.0 Å². The average Bonchev–Trinajstić information content (AvgIpc) is 2.63. The van der Waals surface area contributed by atoms with E-state index in [9.17, 15) is 14.0 Å². The summed E-state index contributed by atoms with van der Waals surface area (Å²) in [4.78, 5) is 26.8. The maximum atomic E-state index is 13.7. The van der Waals surface area contributed by atoms with Crippen molar-refractivity contribution in [1.29, 1.82) is 0 Å². The van der Waals surface area contributed by atoms with Crippen molar-refractivity contribution in [2.75, 3.05) is 18.4 Å². The predicted octanol–water partition coefficient (Wildman–Crippen LogP) is 3.63. The highest BCUT2D eigenvalue weighted by Gasteiger charge is 2.29. The Morgan fingerprint density at radius 1 is 1.16 bits per heavy atom. The lowest BCUT2D eigenvalue weighted by Crippen LogP contribution is -2.43. The molecule has 4 nitrogen and oxygen atoms in total. The third-order valence-corrected chi connectivity index (χ3v) is 4.48. The molecule has 0 spiro atoms. The first-order valence-corrected chi connectivity index (χ1v) is 8.46. The van der Waals surface area contributed by atoms with Crippen molar-refractivity contribution in [3.8, 4) is 0 Å². The number of anilines is 1. The van der Waals surface area contributed by atoms with E-state index in [4.69, 9.17) is 0 Å².